The van der Waals surface area contributed by atoms with Crippen LogP contribution in [0.4, 0.5) is 5.69 Å². The van der Waals surface area contributed by atoms with Crippen molar-refractivity contribution in [3.8, 4) is 6.07 Å². The van der Waals surface area contributed by atoms with Crippen molar-refractivity contribution in [3.63, 3.8) is 0 Å². The molecule has 1 aromatic heterocycles. The minimum absolute atomic E-state index is 0.125. The van der Waals surface area contributed by atoms with E-state index in [0.29, 0.717) is 17.8 Å². The van der Waals surface area contributed by atoms with Crippen LogP contribution in [0.25, 0.3) is 0 Å². The van der Waals surface area contributed by atoms with E-state index in [1.165, 1.54) is 4.88 Å². The molecule has 0 amide bonds. The Morgan fingerprint density at radius 2 is 2.00 bits per heavy atom. The van der Waals surface area contributed by atoms with Crippen LogP contribution in [0, 0.1) is 32.1 Å². The van der Waals surface area contributed by atoms with Crippen molar-refractivity contribution in [2.75, 3.05) is 4.90 Å². The third-order valence-corrected chi connectivity index (χ3v) is 7.18. The van der Waals surface area contributed by atoms with E-state index in [1.54, 1.807) is 11.3 Å². The minimum Gasteiger partial charge on any atom is -0.384 e. The van der Waals surface area contributed by atoms with E-state index in [0.717, 1.165) is 50.3 Å². The first-order valence-electron chi connectivity index (χ1n) is 9.62. The number of hydrogen-bond acceptors (Lipinski definition) is 5. The van der Waals surface area contributed by atoms with Crippen molar-refractivity contribution in [1.29, 1.82) is 5.26 Å². The number of hydrogen-bond donors (Lipinski definition) is 1. The highest BCUT2D eigenvalue weighted by atomic mass is 79.9. The second-order valence-corrected chi connectivity index (χ2v) is 9.99. The number of ketones is 1. The molecule has 0 fully saturated rings. The van der Waals surface area contributed by atoms with E-state index in [2.05, 4.69) is 41.9 Å². The maximum Gasteiger partial charge on any atom is 0.161 e. The number of rotatable bonds is 2. The molecular weight excluding hydrogens is 446 g/mol. The number of benzene rings is 1. The minimum atomic E-state index is -0.375. The Hall–Kier alpha value is -2.36. The highest BCUT2D eigenvalue weighted by Crippen LogP contribution is 2.48. The zero-order valence-electron chi connectivity index (χ0n) is 16.7. The molecule has 1 atom stereocenters. The number of thiophene rings is 1. The molecule has 2 aliphatic rings. The number of Topliss-reactive ketones (excluding diaryl/α,β-unsaturated/α-hetero) is 1. The molecule has 29 heavy (non-hydrogen) atoms. The molecule has 4 rings (SSSR count). The third-order valence-electron chi connectivity index (χ3n) is 5.70. The molecule has 148 valence electrons. The molecule has 2 aromatic rings. The van der Waals surface area contributed by atoms with Gasteiger partial charge in [0.15, 0.2) is 5.78 Å². The number of halogens is 1. The molecule has 0 radical (unpaired) electrons. The fraction of sp³-hybridized carbons (Fsp3) is 0.304. The van der Waals surface area contributed by atoms with Gasteiger partial charge in [0.1, 0.15) is 5.82 Å². The summed E-state index contributed by atoms with van der Waals surface area (Å²) in [4.78, 5) is 17.4. The lowest BCUT2D eigenvalue weighted by Gasteiger charge is -2.40. The van der Waals surface area contributed by atoms with Gasteiger partial charge in [-0.05, 0) is 69.0 Å². The summed E-state index contributed by atoms with van der Waals surface area (Å²) >= 11 is 5.20. The van der Waals surface area contributed by atoms with Gasteiger partial charge in [0.05, 0.1) is 23.2 Å². The smallest absolute Gasteiger partial charge is 0.161 e. The van der Waals surface area contributed by atoms with Gasteiger partial charge >= 0.3 is 0 Å². The summed E-state index contributed by atoms with van der Waals surface area (Å²) in [6.45, 7) is 6.12. The number of nitrogens with zero attached hydrogens (tertiary/aromatic N) is 2. The monoisotopic (exact) mass is 467 g/mol. The molecule has 0 unspecified atom stereocenters. The third kappa shape index (κ3) is 3.23. The van der Waals surface area contributed by atoms with E-state index in [9.17, 15) is 10.1 Å². The number of nitriles is 1. The number of nitrogens with two attached hydrogens (primary N) is 1. The lowest BCUT2D eigenvalue weighted by molar-refractivity contribution is -0.116. The fourth-order valence-corrected chi connectivity index (χ4v) is 5.92. The van der Waals surface area contributed by atoms with Crippen LogP contribution in [-0.2, 0) is 4.79 Å². The number of allylic oxidation sites excluding steroid dienone is 3. The van der Waals surface area contributed by atoms with Gasteiger partial charge in [-0.3, -0.25) is 9.69 Å². The second kappa shape index (κ2) is 7.47. The van der Waals surface area contributed by atoms with Crippen molar-refractivity contribution in [2.24, 2.45) is 5.73 Å². The first-order valence-corrected chi connectivity index (χ1v) is 11.2. The second-order valence-electron chi connectivity index (χ2n) is 7.62. The number of aryl methyl sites for hydroxylation is 3. The Kier molecular flexibility index (Phi) is 5.14. The van der Waals surface area contributed by atoms with E-state index in [1.807, 2.05) is 30.0 Å². The summed E-state index contributed by atoms with van der Waals surface area (Å²) in [6.07, 6.45) is 2.09. The van der Waals surface area contributed by atoms with Crippen LogP contribution in [0.15, 0.2) is 51.4 Å². The van der Waals surface area contributed by atoms with Crippen LogP contribution in [0.2, 0.25) is 0 Å². The number of carbonyl (C=O) groups is 1. The first-order chi connectivity index (χ1) is 13.8. The molecule has 2 heterocycles. The highest BCUT2D eigenvalue weighted by Gasteiger charge is 2.41. The number of carbonyl (C=O) groups excluding carboxylic acids is 1. The van der Waals surface area contributed by atoms with Gasteiger partial charge in [0.25, 0.3) is 0 Å². The molecular formula is C23H22BrN3OS. The Morgan fingerprint density at radius 1 is 1.24 bits per heavy atom. The Balaban J connectivity index is 2.01. The molecule has 0 spiro atoms. The SMILES string of the molecule is Cc1cc([C@H]2C(C#N)=C(N)N(c3ccc(Br)cc3C)C3=C2C(=O)CCC3)c(C)s1. The zero-order chi connectivity index (χ0) is 20.9. The lowest BCUT2D eigenvalue weighted by atomic mass is 9.75. The van der Waals surface area contributed by atoms with Gasteiger partial charge in [-0.25, -0.2) is 0 Å². The molecule has 0 saturated heterocycles. The van der Waals surface area contributed by atoms with Gasteiger partial charge in [-0.15, -0.1) is 11.3 Å². The quantitative estimate of drug-likeness (QED) is 0.610. The van der Waals surface area contributed by atoms with Gasteiger partial charge in [-0.1, -0.05) is 15.9 Å². The summed E-state index contributed by atoms with van der Waals surface area (Å²) in [5.41, 5.74) is 11.8. The van der Waals surface area contributed by atoms with E-state index < -0.39 is 0 Å². The van der Waals surface area contributed by atoms with Gasteiger partial charge in [0.2, 0.25) is 0 Å². The Bertz CT molecular complexity index is 1140. The van der Waals surface area contributed by atoms with E-state index in [-0.39, 0.29) is 11.7 Å². The predicted molar refractivity (Wildman–Crippen MR) is 121 cm³/mol. The van der Waals surface area contributed by atoms with Crippen LogP contribution in [0.3, 0.4) is 0 Å². The molecule has 0 bridgehead atoms. The van der Waals surface area contributed by atoms with Crippen LogP contribution < -0.4 is 10.6 Å². The molecule has 6 heteroatoms. The molecule has 1 aliphatic carbocycles. The van der Waals surface area contributed by atoms with E-state index >= 15 is 0 Å². The largest absolute Gasteiger partial charge is 0.384 e. The van der Waals surface area contributed by atoms with Crippen LogP contribution in [0.5, 0.6) is 0 Å². The standard InChI is InChI=1S/C23H22BrN3OS/c1-12-9-15(24)7-8-18(12)27-19-5-4-6-20(28)22(19)21(17(11-25)23(27)26)16-10-13(2)29-14(16)3/h7-10,21H,4-6,26H2,1-3H3/t21-/m0/s1. The van der Waals surface area contributed by atoms with E-state index in [4.69, 9.17) is 5.73 Å². The summed E-state index contributed by atoms with van der Waals surface area (Å²) in [5, 5.41) is 10.1. The molecule has 0 saturated carbocycles. The predicted octanol–water partition coefficient (Wildman–Crippen LogP) is 5.74. The normalized spacial score (nSPS) is 19.5. The fourth-order valence-electron chi connectivity index (χ4n) is 4.48. The van der Waals surface area contributed by atoms with Crippen LogP contribution in [0.1, 0.15) is 46.1 Å². The molecule has 1 aliphatic heterocycles. The maximum atomic E-state index is 13.2. The van der Waals surface area contributed by atoms with Crippen molar-refractivity contribution in [1.82, 2.24) is 0 Å². The van der Waals surface area contributed by atoms with Crippen molar-refractivity contribution >= 4 is 38.7 Å². The van der Waals surface area contributed by atoms with Crippen molar-refractivity contribution in [2.45, 2.75) is 46.0 Å². The first kappa shape index (κ1) is 19.9. The Labute approximate surface area is 183 Å². The summed E-state index contributed by atoms with van der Waals surface area (Å²) in [6, 6.07) is 10.4. The van der Waals surface area contributed by atoms with Crippen molar-refractivity contribution < 1.29 is 4.79 Å². The van der Waals surface area contributed by atoms with Gasteiger partial charge < -0.3 is 5.73 Å². The molecule has 2 N–H and O–H groups in total. The average molecular weight is 468 g/mol. The van der Waals surface area contributed by atoms with Gasteiger partial charge in [-0.2, -0.15) is 5.26 Å². The summed E-state index contributed by atoms with van der Waals surface area (Å²) in [5.74, 6) is 0.180. The number of anilines is 1. The highest BCUT2D eigenvalue weighted by molar-refractivity contribution is 9.10. The molecule has 1 aromatic carbocycles. The lowest BCUT2D eigenvalue weighted by Crippen LogP contribution is -2.39. The van der Waals surface area contributed by atoms with Crippen LogP contribution >= 0.6 is 27.3 Å². The summed E-state index contributed by atoms with van der Waals surface area (Å²) in [7, 11) is 0. The van der Waals surface area contributed by atoms with Gasteiger partial charge in [0, 0.05) is 31.9 Å². The maximum absolute atomic E-state index is 13.2. The van der Waals surface area contributed by atoms with Crippen LogP contribution in [-0.4, -0.2) is 5.78 Å². The summed E-state index contributed by atoms with van der Waals surface area (Å²) < 4.78 is 0.981. The Morgan fingerprint density at radius 3 is 2.62 bits per heavy atom. The molecule has 4 nitrogen and oxygen atoms in total. The topological polar surface area (TPSA) is 70.1 Å². The average Bonchev–Trinajstić information content (AvgIpc) is 3.00. The van der Waals surface area contributed by atoms with Crippen molar-refractivity contribution in [3.05, 3.63) is 72.3 Å². The zero-order valence-corrected chi connectivity index (χ0v) is 19.1.